The molecular weight excluding hydrogens is 330 g/mol. The van der Waals surface area contributed by atoms with Crippen LogP contribution in [0.25, 0.3) is 0 Å². The van der Waals surface area contributed by atoms with Crippen LogP contribution in [0.5, 0.6) is 11.5 Å². The molecule has 1 saturated heterocycles. The Morgan fingerprint density at radius 2 is 2.15 bits per heavy atom. The van der Waals surface area contributed by atoms with Crippen LogP contribution in [0.15, 0.2) is 24.3 Å². The van der Waals surface area contributed by atoms with Gasteiger partial charge < -0.3 is 19.4 Å². The third kappa shape index (κ3) is 1.50. The smallest absolute Gasteiger partial charge is 0.197 e. The van der Waals surface area contributed by atoms with E-state index < -0.39 is 17.1 Å². The molecule has 6 rings (SSSR count). The molecule has 2 bridgehead atoms. The number of phenolic OH excluding ortho intramolecular Hbond substituents is 1. The summed E-state index contributed by atoms with van der Waals surface area (Å²) in [7, 11) is 2.27. The highest BCUT2D eigenvalue weighted by molar-refractivity contribution is 5.98. The number of nitrogens with zero attached hydrogens (tertiary/aromatic N) is 1. The summed E-state index contributed by atoms with van der Waals surface area (Å²) in [5.74, 6) is 1.15. The van der Waals surface area contributed by atoms with E-state index in [1.54, 1.807) is 12.1 Å². The summed E-state index contributed by atoms with van der Waals surface area (Å²) in [4.78, 5) is 12.7. The van der Waals surface area contributed by atoms with Gasteiger partial charge in [0.05, 0.1) is 25.6 Å². The molecule has 0 amide bonds. The fourth-order valence-corrected chi connectivity index (χ4v) is 6.52. The molecule has 0 radical (unpaired) electrons. The number of likely N-dealkylation sites (tertiary alicyclic amines) is 1. The summed E-state index contributed by atoms with van der Waals surface area (Å²) < 4.78 is 6.88. The lowest BCUT2D eigenvalue weighted by Crippen LogP contribution is -2.79. The number of quaternary nitrogens is 1. The first-order chi connectivity index (χ1) is 12.4. The van der Waals surface area contributed by atoms with E-state index in [9.17, 15) is 15.0 Å². The number of likely N-dealkylation sites (N-methyl/N-ethyl adjacent to an activating group) is 1. The molecule has 5 heteroatoms. The Morgan fingerprint density at radius 1 is 1.35 bits per heavy atom. The molecule has 3 aliphatic carbocycles. The summed E-state index contributed by atoms with van der Waals surface area (Å²) in [6.45, 7) is 2.02. The summed E-state index contributed by atoms with van der Waals surface area (Å²) in [6, 6.07) is 3.64. The van der Waals surface area contributed by atoms with Crippen molar-refractivity contribution in [1.29, 1.82) is 0 Å². The quantitative estimate of drug-likeness (QED) is 0.789. The number of ketones is 1. The molecule has 2 fully saturated rings. The Balaban J connectivity index is 1.63. The molecule has 1 aromatic carbocycles. The average molecular weight is 354 g/mol. The van der Waals surface area contributed by atoms with Gasteiger partial charge in [-0.2, -0.15) is 0 Å². The second kappa shape index (κ2) is 4.34. The van der Waals surface area contributed by atoms with E-state index in [-0.39, 0.29) is 17.6 Å². The molecular formula is C21H24NO4+. The van der Waals surface area contributed by atoms with E-state index in [1.165, 1.54) is 18.9 Å². The highest BCUT2D eigenvalue weighted by atomic mass is 16.5. The van der Waals surface area contributed by atoms with Crippen molar-refractivity contribution >= 4 is 5.78 Å². The average Bonchev–Trinajstić information content (AvgIpc) is 3.32. The standard InChI is InChI=1S/C21H23NO4/c1-22(11-12-2-3-12)9-8-20-17-13-4-5-14(23)18(17)26-19(20)15(24)6-7-21(20,25)16(22)10-13/h4-7,12,16,19,25H,2-3,8-11H2,1H3/p+1/t16?,19-,20-,21+,22?/m0/s1. The molecule has 1 spiro atoms. The molecule has 1 aromatic rings. The Morgan fingerprint density at radius 3 is 2.92 bits per heavy atom. The molecule has 2 heterocycles. The van der Waals surface area contributed by atoms with Gasteiger partial charge in [-0.05, 0) is 36.6 Å². The topological polar surface area (TPSA) is 66.8 Å². The second-order valence-electron chi connectivity index (χ2n) is 9.28. The summed E-state index contributed by atoms with van der Waals surface area (Å²) in [5.41, 5.74) is 0.140. The number of benzene rings is 1. The monoisotopic (exact) mass is 354 g/mol. The van der Waals surface area contributed by atoms with Gasteiger partial charge in [-0.25, -0.2) is 0 Å². The van der Waals surface area contributed by atoms with Crippen molar-refractivity contribution in [3.8, 4) is 11.5 Å². The SMILES string of the molecule is C[N+]1(CC2CC2)CC[C@]23c4c5ccc(O)c4O[C@H]2C(=O)C=C[C@@]3(O)C1C5. The van der Waals surface area contributed by atoms with Crippen LogP contribution in [-0.2, 0) is 16.6 Å². The number of piperidine rings is 1. The fourth-order valence-electron chi connectivity index (χ4n) is 6.52. The minimum Gasteiger partial charge on any atom is -0.504 e. The normalized spacial score (nSPS) is 44.6. The largest absolute Gasteiger partial charge is 0.504 e. The zero-order valence-corrected chi connectivity index (χ0v) is 14.9. The molecule has 26 heavy (non-hydrogen) atoms. The highest BCUT2D eigenvalue weighted by Gasteiger charge is 2.75. The third-order valence-electron chi connectivity index (χ3n) is 7.89. The fraction of sp³-hybridized carbons (Fsp3) is 0.571. The van der Waals surface area contributed by atoms with E-state index >= 15 is 0 Å². The Labute approximate surface area is 152 Å². The molecule has 136 valence electrons. The number of aromatic hydroxyl groups is 1. The number of carbonyl (C=O) groups excluding carboxylic acids is 1. The van der Waals surface area contributed by atoms with Gasteiger partial charge in [0, 0.05) is 24.3 Å². The predicted octanol–water partition coefficient (Wildman–Crippen LogP) is 1.45. The molecule has 2 unspecified atom stereocenters. The third-order valence-corrected chi connectivity index (χ3v) is 7.89. The predicted molar refractivity (Wildman–Crippen MR) is 94.0 cm³/mol. The Hall–Kier alpha value is -1.85. The number of rotatable bonds is 2. The Kier molecular flexibility index (Phi) is 2.54. The van der Waals surface area contributed by atoms with Gasteiger partial charge in [0.2, 0.25) is 0 Å². The minimum absolute atomic E-state index is 0.00953. The van der Waals surface area contributed by atoms with Gasteiger partial charge in [-0.1, -0.05) is 6.07 Å². The lowest BCUT2D eigenvalue weighted by atomic mass is 9.50. The van der Waals surface area contributed by atoms with Crippen molar-refractivity contribution in [2.24, 2.45) is 5.92 Å². The van der Waals surface area contributed by atoms with E-state index in [1.807, 2.05) is 6.07 Å². The lowest BCUT2D eigenvalue weighted by molar-refractivity contribution is -0.949. The molecule has 5 aliphatic rings. The van der Waals surface area contributed by atoms with E-state index in [0.29, 0.717) is 12.2 Å². The number of carbonyl (C=O) groups is 1. The number of hydrogen-bond acceptors (Lipinski definition) is 4. The molecule has 2 aliphatic heterocycles. The maximum absolute atomic E-state index is 12.7. The number of aliphatic hydroxyl groups is 1. The second-order valence-corrected chi connectivity index (χ2v) is 9.28. The van der Waals surface area contributed by atoms with Crippen molar-refractivity contribution < 1.29 is 24.2 Å². The summed E-state index contributed by atoms with van der Waals surface area (Å²) in [5, 5.41) is 22.4. The van der Waals surface area contributed by atoms with Crippen molar-refractivity contribution in [2.75, 3.05) is 20.1 Å². The van der Waals surface area contributed by atoms with Crippen LogP contribution < -0.4 is 4.74 Å². The lowest BCUT2D eigenvalue weighted by Gasteiger charge is -2.62. The van der Waals surface area contributed by atoms with Crippen molar-refractivity contribution in [1.82, 2.24) is 0 Å². The van der Waals surface area contributed by atoms with Gasteiger partial charge in [0.15, 0.2) is 23.4 Å². The van der Waals surface area contributed by atoms with Gasteiger partial charge in [-0.15, -0.1) is 0 Å². The van der Waals surface area contributed by atoms with Crippen LogP contribution >= 0.6 is 0 Å². The maximum atomic E-state index is 12.7. The van der Waals surface area contributed by atoms with Gasteiger partial charge in [-0.3, -0.25) is 4.79 Å². The highest BCUT2D eigenvalue weighted by Crippen LogP contribution is 2.64. The van der Waals surface area contributed by atoms with Crippen LogP contribution in [0.3, 0.4) is 0 Å². The van der Waals surface area contributed by atoms with Crippen LogP contribution in [0.1, 0.15) is 30.4 Å². The van der Waals surface area contributed by atoms with E-state index in [4.69, 9.17) is 4.74 Å². The molecule has 1 saturated carbocycles. The number of phenols is 1. The van der Waals surface area contributed by atoms with Crippen LogP contribution in [0, 0.1) is 5.92 Å². The zero-order chi connectivity index (χ0) is 17.9. The first-order valence-corrected chi connectivity index (χ1v) is 9.71. The summed E-state index contributed by atoms with van der Waals surface area (Å²) in [6.07, 6.45) is 6.57. The minimum atomic E-state index is -1.11. The van der Waals surface area contributed by atoms with Crippen LogP contribution in [-0.4, -0.2) is 58.4 Å². The van der Waals surface area contributed by atoms with Crippen LogP contribution in [0.2, 0.25) is 0 Å². The molecule has 5 nitrogen and oxygen atoms in total. The molecule has 0 aromatic heterocycles. The maximum Gasteiger partial charge on any atom is 0.197 e. The van der Waals surface area contributed by atoms with E-state index in [2.05, 4.69) is 7.05 Å². The molecule has 5 atom stereocenters. The first-order valence-electron chi connectivity index (χ1n) is 9.71. The van der Waals surface area contributed by atoms with Gasteiger partial charge >= 0.3 is 0 Å². The molecule has 2 N–H and O–H groups in total. The number of ether oxygens (including phenoxy) is 1. The van der Waals surface area contributed by atoms with Crippen molar-refractivity contribution in [3.63, 3.8) is 0 Å². The Bertz CT molecular complexity index is 890. The number of hydrogen-bond donors (Lipinski definition) is 2. The van der Waals surface area contributed by atoms with Gasteiger partial charge in [0.1, 0.15) is 11.6 Å². The van der Waals surface area contributed by atoms with Crippen molar-refractivity contribution in [2.45, 2.75) is 48.8 Å². The van der Waals surface area contributed by atoms with Gasteiger partial charge in [0.25, 0.3) is 0 Å². The zero-order valence-electron chi connectivity index (χ0n) is 14.9. The van der Waals surface area contributed by atoms with Crippen LogP contribution in [0.4, 0.5) is 0 Å². The first kappa shape index (κ1) is 15.2. The van der Waals surface area contributed by atoms with E-state index in [0.717, 1.165) is 41.0 Å². The van der Waals surface area contributed by atoms with Crippen molar-refractivity contribution in [3.05, 3.63) is 35.4 Å². The summed E-state index contributed by atoms with van der Waals surface area (Å²) >= 11 is 0.